The number of amides is 1. The molecule has 0 unspecified atom stereocenters. The van der Waals surface area contributed by atoms with Gasteiger partial charge in [-0.25, -0.2) is 9.67 Å². The Balaban J connectivity index is 1.55. The highest BCUT2D eigenvalue weighted by molar-refractivity contribution is 9.11. The fourth-order valence-corrected chi connectivity index (χ4v) is 3.95. The Labute approximate surface area is 168 Å². The number of nitrogens with zero attached hydrogens (tertiary/aromatic N) is 5. The fourth-order valence-electron chi connectivity index (χ4n) is 2.27. The first-order valence-electron chi connectivity index (χ1n) is 7.55. The molecule has 136 valence electrons. The van der Waals surface area contributed by atoms with Crippen molar-refractivity contribution < 1.29 is 4.79 Å². The van der Waals surface area contributed by atoms with Crippen molar-refractivity contribution in [1.29, 1.82) is 0 Å². The Bertz CT molecular complexity index is 1170. The smallest absolute Gasteiger partial charge is 0.262 e. The minimum atomic E-state index is -0.307. The predicted molar refractivity (Wildman–Crippen MR) is 106 cm³/mol. The summed E-state index contributed by atoms with van der Waals surface area (Å²) in [4.78, 5) is 31.5. The largest absolute Gasteiger partial charge is 0.301 e. The number of carbonyl (C=O) groups excluding carboxylic acids is 1. The summed E-state index contributed by atoms with van der Waals surface area (Å²) in [5.74, 6) is -0.214. The molecule has 0 aliphatic heterocycles. The van der Waals surface area contributed by atoms with E-state index in [1.54, 1.807) is 4.68 Å². The summed E-state index contributed by atoms with van der Waals surface area (Å²) in [6, 6.07) is 9.39. The van der Waals surface area contributed by atoms with Crippen LogP contribution in [0.25, 0.3) is 16.7 Å². The van der Waals surface area contributed by atoms with Gasteiger partial charge in [-0.1, -0.05) is 41.3 Å². The number of halogens is 1. The number of H-pyrrole nitrogens is 1. The first-order valence-corrected chi connectivity index (χ1v) is 10.1. The average Bonchev–Trinajstić information content (AvgIpc) is 3.27. The van der Waals surface area contributed by atoms with Crippen molar-refractivity contribution in [2.75, 3.05) is 11.1 Å². The SMILES string of the molecule is O=C(CSc1nc2c(cnn2-c2ccccc2)c(=O)[nH]1)Nc1nnc(Br)s1. The quantitative estimate of drug-likeness (QED) is 0.344. The molecule has 3 heterocycles. The molecule has 4 aromatic rings. The maximum Gasteiger partial charge on any atom is 0.262 e. The summed E-state index contributed by atoms with van der Waals surface area (Å²) >= 11 is 5.51. The van der Waals surface area contributed by atoms with Crippen LogP contribution in [-0.4, -0.2) is 41.6 Å². The lowest BCUT2D eigenvalue weighted by Crippen LogP contribution is -2.15. The van der Waals surface area contributed by atoms with Gasteiger partial charge in [0, 0.05) is 0 Å². The second-order valence-corrected chi connectivity index (χ2v) is 8.41. The number of rotatable bonds is 5. The van der Waals surface area contributed by atoms with E-state index in [4.69, 9.17) is 0 Å². The Kier molecular flexibility index (Phi) is 5.01. The number of nitrogens with one attached hydrogen (secondary N) is 2. The summed E-state index contributed by atoms with van der Waals surface area (Å²) in [5.41, 5.74) is 0.917. The first-order chi connectivity index (χ1) is 13.1. The van der Waals surface area contributed by atoms with E-state index in [0.717, 1.165) is 17.4 Å². The molecule has 0 fully saturated rings. The zero-order valence-corrected chi connectivity index (χ0v) is 16.6. The Morgan fingerprint density at radius 2 is 2.11 bits per heavy atom. The topological polar surface area (TPSA) is 118 Å². The third-order valence-corrected chi connectivity index (χ3v) is 5.55. The van der Waals surface area contributed by atoms with E-state index in [0.29, 0.717) is 25.2 Å². The summed E-state index contributed by atoms with van der Waals surface area (Å²) in [5, 5.41) is 15.6. The third kappa shape index (κ3) is 3.91. The van der Waals surface area contributed by atoms with Gasteiger partial charge in [-0.05, 0) is 28.1 Å². The molecule has 2 N–H and O–H groups in total. The van der Waals surface area contributed by atoms with Crippen molar-refractivity contribution >= 4 is 61.1 Å². The Morgan fingerprint density at radius 1 is 1.30 bits per heavy atom. The molecule has 0 radical (unpaired) electrons. The summed E-state index contributed by atoms with van der Waals surface area (Å²) in [7, 11) is 0. The number of para-hydroxylation sites is 1. The molecule has 1 amide bonds. The van der Waals surface area contributed by atoms with Crippen LogP contribution in [0.2, 0.25) is 0 Å². The van der Waals surface area contributed by atoms with E-state index in [1.165, 1.54) is 17.5 Å². The number of aromatic amines is 1. The minimum Gasteiger partial charge on any atom is -0.301 e. The third-order valence-electron chi connectivity index (χ3n) is 3.40. The highest BCUT2D eigenvalue weighted by atomic mass is 79.9. The first kappa shape index (κ1) is 17.8. The van der Waals surface area contributed by atoms with Crippen molar-refractivity contribution in [3.8, 4) is 5.69 Å². The van der Waals surface area contributed by atoms with Gasteiger partial charge < -0.3 is 4.98 Å². The average molecular weight is 464 g/mol. The molecule has 1 aromatic carbocycles. The number of aromatic nitrogens is 6. The number of thioether (sulfide) groups is 1. The molecule has 0 spiro atoms. The second kappa shape index (κ2) is 7.58. The van der Waals surface area contributed by atoms with Crippen LogP contribution in [0.3, 0.4) is 0 Å². The summed E-state index contributed by atoms with van der Waals surface area (Å²) in [6.07, 6.45) is 1.47. The number of hydrogen-bond donors (Lipinski definition) is 2. The van der Waals surface area contributed by atoms with Crippen molar-refractivity contribution in [2.45, 2.75) is 5.16 Å². The van der Waals surface area contributed by atoms with Crippen LogP contribution in [0.4, 0.5) is 5.13 Å². The molecule has 0 atom stereocenters. The molecule has 27 heavy (non-hydrogen) atoms. The number of benzene rings is 1. The van der Waals surface area contributed by atoms with Gasteiger partial charge in [-0.3, -0.25) is 14.9 Å². The molecule has 0 saturated carbocycles. The normalized spacial score (nSPS) is 11.0. The maximum atomic E-state index is 12.3. The molecule has 4 rings (SSSR count). The molecule has 0 aliphatic carbocycles. The molecule has 9 nitrogen and oxygen atoms in total. The van der Waals surface area contributed by atoms with Gasteiger partial charge in [-0.2, -0.15) is 5.10 Å². The van der Waals surface area contributed by atoms with E-state index < -0.39 is 0 Å². The Morgan fingerprint density at radius 3 is 2.85 bits per heavy atom. The van der Waals surface area contributed by atoms with E-state index in [-0.39, 0.29) is 17.2 Å². The molecule has 12 heteroatoms. The van der Waals surface area contributed by atoms with Crippen molar-refractivity contribution in [3.63, 3.8) is 0 Å². The van der Waals surface area contributed by atoms with Crippen molar-refractivity contribution in [2.24, 2.45) is 0 Å². The molecular weight excluding hydrogens is 454 g/mol. The van der Waals surface area contributed by atoms with Gasteiger partial charge in [-0.15, -0.1) is 10.2 Å². The lowest BCUT2D eigenvalue weighted by molar-refractivity contribution is -0.113. The van der Waals surface area contributed by atoms with E-state index in [2.05, 4.69) is 46.5 Å². The number of hydrogen-bond acceptors (Lipinski definition) is 8. The van der Waals surface area contributed by atoms with Gasteiger partial charge in [0.15, 0.2) is 14.7 Å². The van der Waals surface area contributed by atoms with Gasteiger partial charge in [0.25, 0.3) is 5.56 Å². The van der Waals surface area contributed by atoms with E-state index in [9.17, 15) is 9.59 Å². The van der Waals surface area contributed by atoms with Crippen molar-refractivity contribution in [1.82, 2.24) is 29.9 Å². The van der Waals surface area contributed by atoms with Gasteiger partial charge in [0.2, 0.25) is 11.0 Å². The second-order valence-electron chi connectivity index (χ2n) is 5.20. The van der Waals surface area contributed by atoms with Crippen LogP contribution in [0.5, 0.6) is 0 Å². The van der Waals surface area contributed by atoms with Gasteiger partial charge in [0.05, 0.1) is 17.6 Å². The predicted octanol–water partition coefficient (Wildman–Crippen LogP) is 2.45. The highest BCUT2D eigenvalue weighted by Crippen LogP contribution is 2.21. The number of anilines is 1. The lowest BCUT2D eigenvalue weighted by Gasteiger charge is -2.04. The van der Waals surface area contributed by atoms with Crippen LogP contribution >= 0.6 is 39.0 Å². The lowest BCUT2D eigenvalue weighted by atomic mass is 10.3. The minimum absolute atomic E-state index is 0.0606. The van der Waals surface area contributed by atoms with Gasteiger partial charge in [0.1, 0.15) is 5.39 Å². The fraction of sp³-hybridized carbons (Fsp3) is 0.0667. The van der Waals surface area contributed by atoms with Crippen LogP contribution < -0.4 is 10.9 Å². The molecular formula is C15H10BrN7O2S2. The zero-order chi connectivity index (χ0) is 18.8. The molecule has 3 aromatic heterocycles. The van der Waals surface area contributed by atoms with E-state index in [1.807, 2.05) is 30.3 Å². The summed E-state index contributed by atoms with van der Waals surface area (Å²) in [6.45, 7) is 0. The summed E-state index contributed by atoms with van der Waals surface area (Å²) < 4.78 is 2.17. The van der Waals surface area contributed by atoms with E-state index >= 15 is 0 Å². The highest BCUT2D eigenvalue weighted by Gasteiger charge is 2.13. The molecule has 0 saturated heterocycles. The van der Waals surface area contributed by atoms with Crippen LogP contribution in [-0.2, 0) is 4.79 Å². The zero-order valence-electron chi connectivity index (χ0n) is 13.4. The van der Waals surface area contributed by atoms with Crippen LogP contribution in [0, 0.1) is 0 Å². The van der Waals surface area contributed by atoms with Crippen LogP contribution in [0.15, 0.2) is 50.4 Å². The number of fused-ring (bicyclic) bond motifs is 1. The van der Waals surface area contributed by atoms with Crippen molar-refractivity contribution in [3.05, 3.63) is 50.8 Å². The molecule has 0 aliphatic rings. The van der Waals surface area contributed by atoms with Gasteiger partial charge >= 0.3 is 0 Å². The standard InChI is InChI=1S/C15H10BrN7O2S2/c16-13-21-22-15(27-13)18-10(24)7-26-14-19-11-9(12(25)20-14)6-17-23(11)8-4-2-1-3-5-8/h1-6H,7H2,(H,18,22,24)(H,19,20,25). The Hall–Kier alpha value is -2.57. The molecule has 0 bridgehead atoms. The monoisotopic (exact) mass is 463 g/mol. The number of carbonyl (C=O) groups is 1. The maximum absolute atomic E-state index is 12.3. The van der Waals surface area contributed by atoms with Crippen LogP contribution in [0.1, 0.15) is 0 Å².